The smallest absolute Gasteiger partial charge is 0.271 e. The Bertz CT molecular complexity index is 600. The molecule has 0 unspecified atom stereocenters. The quantitative estimate of drug-likeness (QED) is 0.816. The number of nitrogen functional groups attached to an aromatic ring is 1. The second-order valence-electron chi connectivity index (χ2n) is 3.59. The van der Waals surface area contributed by atoms with Gasteiger partial charge in [-0.3, -0.25) is 4.79 Å². The number of nitrogens with two attached hydrogens (primary N) is 2. The molecule has 0 atom stereocenters. The van der Waals surface area contributed by atoms with E-state index in [9.17, 15) is 4.79 Å². The number of primary amides is 1. The molecule has 1 aromatic carbocycles. The highest BCUT2D eigenvalue weighted by Gasteiger charge is 2.11. The highest BCUT2D eigenvalue weighted by atomic mass is 32.2. The summed E-state index contributed by atoms with van der Waals surface area (Å²) < 4.78 is 0. The summed E-state index contributed by atoms with van der Waals surface area (Å²) in [6, 6.07) is 7.78. The predicted octanol–water partition coefficient (Wildman–Crippen LogP) is 1.55. The molecule has 92 valence electrons. The summed E-state index contributed by atoms with van der Waals surface area (Å²) in [5, 5.41) is 0. The number of rotatable bonds is 3. The van der Waals surface area contributed by atoms with Gasteiger partial charge in [0.15, 0.2) is 11.5 Å². The van der Waals surface area contributed by atoms with Crippen LogP contribution in [0.2, 0.25) is 0 Å². The zero-order valence-electron chi connectivity index (χ0n) is 9.75. The lowest BCUT2D eigenvalue weighted by Gasteiger charge is -2.05. The summed E-state index contributed by atoms with van der Waals surface area (Å²) in [5.41, 5.74) is 12.2. The van der Waals surface area contributed by atoms with E-state index in [4.69, 9.17) is 11.5 Å². The third-order valence-corrected chi connectivity index (χ3v) is 3.13. The molecule has 2 aromatic rings. The molecule has 1 aromatic heterocycles. The summed E-state index contributed by atoms with van der Waals surface area (Å²) in [5.74, 6) is -0.629. The van der Waals surface area contributed by atoms with Crippen molar-refractivity contribution in [3.8, 4) is 11.3 Å². The maximum Gasteiger partial charge on any atom is 0.271 e. The minimum absolute atomic E-state index is 0.00190. The maximum atomic E-state index is 11.2. The molecule has 0 spiro atoms. The second-order valence-corrected chi connectivity index (χ2v) is 4.46. The molecule has 0 aliphatic carbocycles. The highest BCUT2D eigenvalue weighted by molar-refractivity contribution is 7.98. The fourth-order valence-corrected chi connectivity index (χ4v) is 1.96. The third kappa shape index (κ3) is 2.43. The van der Waals surface area contributed by atoms with Crippen molar-refractivity contribution < 1.29 is 4.79 Å². The SMILES string of the molecule is CSc1cccc(-c2cnc(N)c(C(N)=O)n2)c1. The van der Waals surface area contributed by atoms with Gasteiger partial charge in [0.25, 0.3) is 5.91 Å². The average Bonchev–Trinajstić information content (AvgIpc) is 2.39. The lowest BCUT2D eigenvalue weighted by Crippen LogP contribution is -2.17. The number of amides is 1. The Labute approximate surface area is 109 Å². The zero-order valence-corrected chi connectivity index (χ0v) is 10.6. The van der Waals surface area contributed by atoms with Crippen molar-refractivity contribution in [2.75, 3.05) is 12.0 Å². The van der Waals surface area contributed by atoms with Gasteiger partial charge in [0.05, 0.1) is 11.9 Å². The number of aromatic nitrogens is 2. The fourth-order valence-electron chi connectivity index (χ4n) is 1.50. The van der Waals surface area contributed by atoms with Crippen molar-refractivity contribution in [2.45, 2.75) is 4.90 Å². The Morgan fingerprint density at radius 1 is 1.39 bits per heavy atom. The predicted molar refractivity (Wildman–Crippen MR) is 72.2 cm³/mol. The van der Waals surface area contributed by atoms with Crippen LogP contribution >= 0.6 is 11.8 Å². The maximum absolute atomic E-state index is 11.2. The molecule has 6 heteroatoms. The van der Waals surface area contributed by atoms with Crippen LogP contribution in [0.4, 0.5) is 5.82 Å². The molecule has 0 saturated carbocycles. The molecule has 18 heavy (non-hydrogen) atoms. The van der Waals surface area contributed by atoms with Crippen LogP contribution in [0.1, 0.15) is 10.5 Å². The summed E-state index contributed by atoms with van der Waals surface area (Å²) in [6.07, 6.45) is 3.52. The summed E-state index contributed by atoms with van der Waals surface area (Å²) >= 11 is 1.63. The molecule has 1 amide bonds. The van der Waals surface area contributed by atoms with Gasteiger partial charge < -0.3 is 11.5 Å². The number of thioether (sulfide) groups is 1. The van der Waals surface area contributed by atoms with Crippen LogP contribution in [-0.2, 0) is 0 Å². The number of benzene rings is 1. The monoisotopic (exact) mass is 260 g/mol. The van der Waals surface area contributed by atoms with Gasteiger partial charge in [-0.1, -0.05) is 12.1 Å². The molecule has 5 nitrogen and oxygen atoms in total. The topological polar surface area (TPSA) is 94.9 Å². The van der Waals surface area contributed by atoms with Crippen molar-refractivity contribution >= 4 is 23.5 Å². The first-order chi connectivity index (χ1) is 8.61. The van der Waals surface area contributed by atoms with Crippen molar-refractivity contribution in [2.24, 2.45) is 5.73 Å². The van der Waals surface area contributed by atoms with Gasteiger partial charge in [-0.15, -0.1) is 11.8 Å². The van der Waals surface area contributed by atoms with Crippen molar-refractivity contribution in [1.82, 2.24) is 9.97 Å². The summed E-state index contributed by atoms with van der Waals surface area (Å²) in [7, 11) is 0. The van der Waals surface area contributed by atoms with E-state index in [2.05, 4.69) is 9.97 Å². The number of carbonyl (C=O) groups is 1. The van der Waals surface area contributed by atoms with Gasteiger partial charge in [-0.25, -0.2) is 9.97 Å². The normalized spacial score (nSPS) is 10.3. The van der Waals surface area contributed by atoms with Crippen LogP contribution in [0.5, 0.6) is 0 Å². The Morgan fingerprint density at radius 2 is 2.17 bits per heavy atom. The summed E-state index contributed by atoms with van der Waals surface area (Å²) in [4.78, 5) is 20.4. The molecule has 2 rings (SSSR count). The number of carbonyl (C=O) groups excluding carboxylic acids is 1. The second kappa shape index (κ2) is 5.05. The first-order valence-electron chi connectivity index (χ1n) is 5.18. The van der Waals surface area contributed by atoms with E-state index in [-0.39, 0.29) is 11.5 Å². The van der Waals surface area contributed by atoms with Crippen molar-refractivity contribution in [3.05, 3.63) is 36.2 Å². The standard InChI is InChI=1S/C12H12N4OS/c1-18-8-4-2-3-7(5-8)9-6-15-11(13)10(16-9)12(14)17/h2-6H,1H3,(H2,13,15)(H2,14,17). The van der Waals surface area contributed by atoms with E-state index >= 15 is 0 Å². The molecule has 0 saturated heterocycles. The zero-order chi connectivity index (χ0) is 13.1. The Balaban J connectivity index is 2.50. The minimum Gasteiger partial charge on any atom is -0.382 e. The van der Waals surface area contributed by atoms with E-state index in [0.29, 0.717) is 5.69 Å². The van der Waals surface area contributed by atoms with Gasteiger partial charge in [0.2, 0.25) is 0 Å². The molecular weight excluding hydrogens is 248 g/mol. The van der Waals surface area contributed by atoms with Crippen molar-refractivity contribution in [3.63, 3.8) is 0 Å². The van der Waals surface area contributed by atoms with E-state index in [1.165, 1.54) is 6.20 Å². The first-order valence-corrected chi connectivity index (χ1v) is 6.41. The van der Waals surface area contributed by atoms with E-state index in [1.807, 2.05) is 30.5 Å². The number of anilines is 1. The molecule has 0 fully saturated rings. The Hall–Kier alpha value is -2.08. The van der Waals surface area contributed by atoms with E-state index in [0.717, 1.165) is 10.5 Å². The molecule has 0 bridgehead atoms. The lowest BCUT2D eigenvalue weighted by atomic mass is 10.1. The first kappa shape index (κ1) is 12.4. The van der Waals surface area contributed by atoms with Crippen LogP contribution in [0.25, 0.3) is 11.3 Å². The fraction of sp³-hybridized carbons (Fsp3) is 0.0833. The molecule has 1 heterocycles. The highest BCUT2D eigenvalue weighted by Crippen LogP contribution is 2.23. The van der Waals surface area contributed by atoms with Crippen molar-refractivity contribution in [1.29, 1.82) is 0 Å². The Kier molecular flexibility index (Phi) is 3.47. The Morgan fingerprint density at radius 3 is 2.83 bits per heavy atom. The average molecular weight is 260 g/mol. The number of nitrogens with zero attached hydrogens (tertiary/aromatic N) is 2. The van der Waals surface area contributed by atoms with Gasteiger partial charge in [0, 0.05) is 10.5 Å². The molecule has 0 aliphatic rings. The minimum atomic E-state index is -0.678. The van der Waals surface area contributed by atoms with Crippen LogP contribution in [-0.4, -0.2) is 22.1 Å². The van der Waals surface area contributed by atoms with E-state index in [1.54, 1.807) is 11.8 Å². The molecule has 0 aliphatic heterocycles. The van der Waals surface area contributed by atoms with Crippen LogP contribution in [0.15, 0.2) is 35.4 Å². The van der Waals surface area contributed by atoms with E-state index < -0.39 is 5.91 Å². The van der Waals surface area contributed by atoms with Gasteiger partial charge in [-0.05, 0) is 18.4 Å². The molecule has 0 radical (unpaired) electrons. The van der Waals surface area contributed by atoms with Gasteiger partial charge >= 0.3 is 0 Å². The third-order valence-electron chi connectivity index (χ3n) is 2.40. The van der Waals surface area contributed by atoms with Gasteiger partial charge in [0.1, 0.15) is 0 Å². The van der Waals surface area contributed by atoms with Crippen LogP contribution < -0.4 is 11.5 Å². The number of hydrogen-bond acceptors (Lipinski definition) is 5. The van der Waals surface area contributed by atoms with Crippen LogP contribution in [0, 0.1) is 0 Å². The summed E-state index contributed by atoms with van der Waals surface area (Å²) in [6.45, 7) is 0. The number of hydrogen-bond donors (Lipinski definition) is 2. The molecular formula is C12H12N4OS. The van der Waals surface area contributed by atoms with Crippen LogP contribution in [0.3, 0.4) is 0 Å². The lowest BCUT2D eigenvalue weighted by molar-refractivity contribution is 0.0996. The largest absolute Gasteiger partial charge is 0.382 e. The van der Waals surface area contributed by atoms with Gasteiger partial charge in [-0.2, -0.15) is 0 Å². The molecule has 4 N–H and O–H groups in total.